The quantitative estimate of drug-likeness (QED) is 0.646. The van der Waals surface area contributed by atoms with Gasteiger partial charge in [-0.3, -0.25) is 4.68 Å². The molecule has 0 spiro atoms. The zero-order valence-corrected chi connectivity index (χ0v) is 12.9. The number of nitrogens with zero attached hydrogens (tertiary/aromatic N) is 2. The summed E-state index contributed by atoms with van der Waals surface area (Å²) in [6.45, 7) is 1.43. The van der Waals surface area contributed by atoms with Crippen LogP contribution in [0.4, 0.5) is 5.69 Å². The molecule has 0 aliphatic rings. The van der Waals surface area contributed by atoms with Crippen LogP contribution >= 0.6 is 0 Å². The molecule has 1 heterocycles. The standard InChI is InChI=1S/C14H19N3O3S/c1-20-9-3-7-17-8-6-13(16-17)11-4-5-12(15)14(10-11)21(2,18)19/h4-6,8,10H,3,7,9,15H2,1-2H3. The summed E-state index contributed by atoms with van der Waals surface area (Å²) in [5, 5.41) is 4.43. The van der Waals surface area contributed by atoms with Gasteiger partial charge in [-0.2, -0.15) is 5.10 Å². The molecule has 1 aromatic carbocycles. The smallest absolute Gasteiger partial charge is 0.177 e. The van der Waals surface area contributed by atoms with Crippen molar-refractivity contribution in [1.82, 2.24) is 9.78 Å². The zero-order chi connectivity index (χ0) is 15.5. The molecule has 0 amide bonds. The predicted molar refractivity (Wildman–Crippen MR) is 81.7 cm³/mol. The molecule has 7 heteroatoms. The van der Waals surface area contributed by atoms with E-state index in [0.29, 0.717) is 6.61 Å². The second kappa shape index (κ2) is 6.28. The summed E-state index contributed by atoms with van der Waals surface area (Å²) in [6.07, 6.45) is 3.88. The summed E-state index contributed by atoms with van der Waals surface area (Å²) < 4.78 is 30.2. The Balaban J connectivity index is 2.27. The van der Waals surface area contributed by atoms with Gasteiger partial charge in [0, 0.05) is 38.3 Å². The lowest BCUT2D eigenvalue weighted by Crippen LogP contribution is -2.03. The number of rotatable bonds is 6. The maximum absolute atomic E-state index is 11.7. The summed E-state index contributed by atoms with van der Waals surface area (Å²) in [6, 6.07) is 6.78. The molecule has 2 N–H and O–H groups in total. The number of methoxy groups -OCH3 is 1. The number of benzene rings is 1. The second-order valence-electron chi connectivity index (χ2n) is 4.84. The summed E-state index contributed by atoms with van der Waals surface area (Å²) >= 11 is 0. The fraction of sp³-hybridized carbons (Fsp3) is 0.357. The molecule has 0 aliphatic heterocycles. The van der Waals surface area contributed by atoms with Crippen LogP contribution in [0.1, 0.15) is 6.42 Å². The van der Waals surface area contributed by atoms with Gasteiger partial charge in [0.1, 0.15) is 0 Å². The Morgan fingerprint density at radius 2 is 2.10 bits per heavy atom. The van der Waals surface area contributed by atoms with Crippen LogP contribution in [0.2, 0.25) is 0 Å². The second-order valence-corrected chi connectivity index (χ2v) is 6.82. The lowest BCUT2D eigenvalue weighted by Gasteiger charge is -2.05. The van der Waals surface area contributed by atoms with Crippen molar-refractivity contribution in [2.24, 2.45) is 0 Å². The monoisotopic (exact) mass is 309 g/mol. The van der Waals surface area contributed by atoms with E-state index >= 15 is 0 Å². The van der Waals surface area contributed by atoms with Crippen LogP contribution in [0.15, 0.2) is 35.4 Å². The molecule has 2 aromatic rings. The predicted octanol–water partition coefficient (Wildman–Crippen LogP) is 1.57. The highest BCUT2D eigenvalue weighted by Gasteiger charge is 2.13. The van der Waals surface area contributed by atoms with Crippen molar-refractivity contribution in [3.8, 4) is 11.3 Å². The van der Waals surface area contributed by atoms with Gasteiger partial charge in [0.05, 0.1) is 16.3 Å². The van der Waals surface area contributed by atoms with Gasteiger partial charge in [-0.25, -0.2) is 8.42 Å². The van der Waals surface area contributed by atoms with E-state index in [1.807, 2.05) is 16.9 Å². The van der Waals surface area contributed by atoms with E-state index in [-0.39, 0.29) is 10.6 Å². The third-order valence-electron chi connectivity index (χ3n) is 3.09. The largest absolute Gasteiger partial charge is 0.398 e. The third kappa shape index (κ3) is 3.83. The van der Waals surface area contributed by atoms with Gasteiger partial charge in [-0.1, -0.05) is 6.07 Å². The number of nitrogen functional groups attached to an aromatic ring is 1. The van der Waals surface area contributed by atoms with E-state index in [1.54, 1.807) is 25.3 Å². The molecule has 0 bridgehead atoms. The molecule has 6 nitrogen and oxygen atoms in total. The van der Waals surface area contributed by atoms with Crippen molar-refractivity contribution >= 4 is 15.5 Å². The number of sulfone groups is 1. The normalized spacial score (nSPS) is 11.7. The number of ether oxygens (including phenoxy) is 1. The highest BCUT2D eigenvalue weighted by Crippen LogP contribution is 2.25. The van der Waals surface area contributed by atoms with Gasteiger partial charge in [-0.05, 0) is 24.6 Å². The highest BCUT2D eigenvalue weighted by atomic mass is 32.2. The molecule has 0 aliphatic carbocycles. The molecule has 0 unspecified atom stereocenters. The first-order chi connectivity index (χ1) is 9.91. The van der Waals surface area contributed by atoms with Crippen molar-refractivity contribution in [1.29, 1.82) is 0 Å². The average Bonchev–Trinajstić information content (AvgIpc) is 2.87. The minimum atomic E-state index is -3.35. The molecule has 2 rings (SSSR count). The van der Waals surface area contributed by atoms with E-state index < -0.39 is 9.84 Å². The Bertz CT molecular complexity index is 723. The van der Waals surface area contributed by atoms with Crippen LogP contribution in [-0.2, 0) is 21.1 Å². The zero-order valence-electron chi connectivity index (χ0n) is 12.1. The maximum atomic E-state index is 11.7. The van der Waals surface area contributed by atoms with Crippen molar-refractivity contribution in [3.05, 3.63) is 30.5 Å². The fourth-order valence-corrected chi connectivity index (χ4v) is 2.86. The van der Waals surface area contributed by atoms with E-state index in [2.05, 4.69) is 5.10 Å². The van der Waals surface area contributed by atoms with Crippen molar-refractivity contribution in [3.63, 3.8) is 0 Å². The van der Waals surface area contributed by atoms with Crippen LogP contribution in [0, 0.1) is 0 Å². The lowest BCUT2D eigenvalue weighted by molar-refractivity contribution is 0.189. The molecule has 0 saturated heterocycles. The number of aryl methyl sites for hydroxylation is 1. The van der Waals surface area contributed by atoms with Crippen molar-refractivity contribution in [2.45, 2.75) is 17.9 Å². The lowest BCUT2D eigenvalue weighted by atomic mass is 10.1. The minimum absolute atomic E-state index is 0.133. The average molecular weight is 309 g/mol. The number of nitrogens with two attached hydrogens (primary N) is 1. The first-order valence-corrected chi connectivity index (χ1v) is 8.43. The molecule has 0 saturated carbocycles. The van der Waals surface area contributed by atoms with E-state index in [0.717, 1.165) is 30.5 Å². The molecular formula is C14H19N3O3S. The van der Waals surface area contributed by atoms with E-state index in [1.165, 1.54) is 0 Å². The Labute approximate surface area is 124 Å². The molecule has 0 atom stereocenters. The van der Waals surface area contributed by atoms with Gasteiger partial charge in [0.25, 0.3) is 0 Å². The molecule has 21 heavy (non-hydrogen) atoms. The minimum Gasteiger partial charge on any atom is -0.398 e. The topological polar surface area (TPSA) is 87.2 Å². The molecule has 0 radical (unpaired) electrons. The van der Waals surface area contributed by atoms with Crippen LogP contribution in [-0.4, -0.2) is 38.2 Å². The first kappa shape index (κ1) is 15.5. The summed E-state index contributed by atoms with van der Waals surface area (Å²) in [5.74, 6) is 0. The van der Waals surface area contributed by atoms with Gasteiger partial charge >= 0.3 is 0 Å². The third-order valence-corrected chi connectivity index (χ3v) is 4.24. The number of hydrogen-bond acceptors (Lipinski definition) is 5. The number of hydrogen-bond donors (Lipinski definition) is 1. The molecular weight excluding hydrogens is 290 g/mol. The molecule has 0 fully saturated rings. The van der Waals surface area contributed by atoms with Crippen LogP contribution in [0.3, 0.4) is 0 Å². The van der Waals surface area contributed by atoms with Crippen LogP contribution < -0.4 is 5.73 Å². The SMILES string of the molecule is COCCCn1ccc(-c2ccc(N)c(S(C)(=O)=O)c2)n1. The number of anilines is 1. The summed E-state index contributed by atoms with van der Waals surface area (Å²) in [4.78, 5) is 0.133. The molecule has 1 aromatic heterocycles. The van der Waals surface area contributed by atoms with Crippen molar-refractivity contribution in [2.75, 3.05) is 25.7 Å². The summed E-state index contributed by atoms with van der Waals surface area (Å²) in [7, 11) is -1.69. The van der Waals surface area contributed by atoms with Gasteiger partial charge in [0.15, 0.2) is 9.84 Å². The number of aromatic nitrogens is 2. The van der Waals surface area contributed by atoms with Crippen LogP contribution in [0.5, 0.6) is 0 Å². The van der Waals surface area contributed by atoms with Gasteiger partial charge < -0.3 is 10.5 Å². The Morgan fingerprint density at radius 1 is 1.33 bits per heavy atom. The fourth-order valence-electron chi connectivity index (χ4n) is 2.03. The Morgan fingerprint density at radius 3 is 2.76 bits per heavy atom. The van der Waals surface area contributed by atoms with Crippen molar-refractivity contribution < 1.29 is 13.2 Å². The summed E-state index contributed by atoms with van der Waals surface area (Å²) in [5.41, 5.74) is 7.42. The Kier molecular flexibility index (Phi) is 4.64. The maximum Gasteiger partial charge on any atom is 0.177 e. The first-order valence-electron chi connectivity index (χ1n) is 6.54. The van der Waals surface area contributed by atoms with E-state index in [9.17, 15) is 8.42 Å². The van der Waals surface area contributed by atoms with Gasteiger partial charge in [0.2, 0.25) is 0 Å². The highest BCUT2D eigenvalue weighted by molar-refractivity contribution is 7.90. The molecule has 114 valence electrons. The Hall–Kier alpha value is -1.86. The van der Waals surface area contributed by atoms with E-state index in [4.69, 9.17) is 10.5 Å². The van der Waals surface area contributed by atoms with Crippen LogP contribution in [0.25, 0.3) is 11.3 Å². The van der Waals surface area contributed by atoms with Gasteiger partial charge in [-0.15, -0.1) is 0 Å².